The summed E-state index contributed by atoms with van der Waals surface area (Å²) >= 11 is 7.70. The maximum Gasteiger partial charge on any atom is 0.274 e. The molecule has 2 aromatic carbocycles. The molecule has 0 saturated carbocycles. The van der Waals surface area contributed by atoms with Crippen molar-refractivity contribution in [3.8, 4) is 5.75 Å². The van der Waals surface area contributed by atoms with E-state index < -0.39 is 0 Å². The normalized spacial score (nSPS) is 12.6. The van der Waals surface area contributed by atoms with Crippen LogP contribution < -0.4 is 14.8 Å². The second-order valence-corrected chi connectivity index (χ2v) is 8.34. The summed E-state index contributed by atoms with van der Waals surface area (Å²) in [5.74, 6) is 0.643. The van der Waals surface area contributed by atoms with Crippen molar-refractivity contribution in [3.05, 3.63) is 66.9 Å². The van der Waals surface area contributed by atoms with Crippen molar-refractivity contribution in [3.63, 3.8) is 0 Å². The number of benzene rings is 2. The van der Waals surface area contributed by atoms with E-state index in [-0.39, 0.29) is 11.7 Å². The van der Waals surface area contributed by atoms with Crippen molar-refractivity contribution >= 4 is 45.0 Å². The van der Waals surface area contributed by atoms with E-state index in [0.29, 0.717) is 20.3 Å². The molecule has 0 radical (unpaired) electrons. The molecule has 4 aromatic rings. The minimum atomic E-state index is -0.0561. The van der Waals surface area contributed by atoms with Gasteiger partial charge in [-0.1, -0.05) is 29.0 Å². The molecule has 0 bridgehead atoms. The molecule has 0 aliphatic heterocycles. The quantitative estimate of drug-likeness (QED) is 0.509. The molecule has 0 saturated heterocycles. The van der Waals surface area contributed by atoms with Crippen LogP contribution in [0.15, 0.2) is 35.1 Å². The number of fused-ring (bicyclic) bond motifs is 3. The first-order valence-electron chi connectivity index (χ1n) is 8.73. The second kappa shape index (κ2) is 6.66. The van der Waals surface area contributed by atoms with Crippen LogP contribution in [-0.4, -0.2) is 15.5 Å². The Labute approximate surface area is 165 Å². The zero-order valence-electron chi connectivity index (χ0n) is 15.5. The number of imidazole rings is 1. The first-order chi connectivity index (χ1) is 12.8. The van der Waals surface area contributed by atoms with Crippen molar-refractivity contribution < 1.29 is 4.74 Å². The van der Waals surface area contributed by atoms with Crippen molar-refractivity contribution in [1.29, 1.82) is 0 Å². The summed E-state index contributed by atoms with van der Waals surface area (Å²) in [7, 11) is 0. The number of thiazole rings is 1. The van der Waals surface area contributed by atoms with Gasteiger partial charge in [0, 0.05) is 0 Å². The van der Waals surface area contributed by atoms with Crippen LogP contribution >= 0.6 is 22.9 Å². The Kier molecular flexibility index (Phi) is 4.44. The van der Waals surface area contributed by atoms with Gasteiger partial charge in [-0.15, -0.1) is 0 Å². The maximum absolute atomic E-state index is 12.9. The predicted molar refractivity (Wildman–Crippen MR) is 112 cm³/mol. The van der Waals surface area contributed by atoms with Gasteiger partial charge in [0.15, 0.2) is 4.96 Å². The number of hydrogen-bond acceptors (Lipinski definition) is 4. The average Bonchev–Trinajstić information content (AvgIpc) is 3.07. The lowest BCUT2D eigenvalue weighted by Gasteiger charge is -2.11. The fraction of sp³-hybridized carbons (Fsp3) is 0.238. The standard InChI is InChI=1S/C21H19ClN2O2S/c1-11(2)26-18-6-5-14(9-15(18)22)10-19-20(25)24-17-8-13(4)12(3)7-16(17)23-21(24)27-19/h5-11H,1-4H3/b19-10-. The van der Waals surface area contributed by atoms with Gasteiger partial charge in [-0.05, 0) is 74.7 Å². The van der Waals surface area contributed by atoms with Gasteiger partial charge in [0.2, 0.25) is 0 Å². The second-order valence-electron chi connectivity index (χ2n) is 6.93. The SMILES string of the molecule is Cc1cc2nc3s/c(=C\c4ccc(OC(C)C)c(Cl)c4)c(=O)n3c2cc1C. The van der Waals surface area contributed by atoms with E-state index in [0.717, 1.165) is 22.2 Å². The first-order valence-corrected chi connectivity index (χ1v) is 9.93. The summed E-state index contributed by atoms with van der Waals surface area (Å²) in [6, 6.07) is 9.60. The Morgan fingerprint density at radius 2 is 1.93 bits per heavy atom. The minimum Gasteiger partial charge on any atom is -0.489 e. The number of hydrogen-bond donors (Lipinski definition) is 0. The van der Waals surface area contributed by atoms with Crippen molar-refractivity contribution in [2.45, 2.75) is 33.8 Å². The molecule has 138 valence electrons. The third kappa shape index (κ3) is 3.22. The van der Waals surface area contributed by atoms with Crippen LogP contribution in [0.5, 0.6) is 5.75 Å². The molecule has 0 spiro atoms. The van der Waals surface area contributed by atoms with Gasteiger partial charge in [-0.25, -0.2) is 9.38 Å². The van der Waals surface area contributed by atoms with E-state index in [2.05, 4.69) is 11.9 Å². The molecule has 6 heteroatoms. The van der Waals surface area contributed by atoms with Gasteiger partial charge in [0.05, 0.1) is 26.7 Å². The number of rotatable bonds is 3. The summed E-state index contributed by atoms with van der Waals surface area (Å²) < 4.78 is 7.98. The lowest BCUT2D eigenvalue weighted by Crippen LogP contribution is -2.22. The highest BCUT2D eigenvalue weighted by Gasteiger charge is 2.12. The molecule has 4 rings (SSSR count). The molecule has 0 fully saturated rings. The lowest BCUT2D eigenvalue weighted by molar-refractivity contribution is 0.242. The molecule has 4 nitrogen and oxygen atoms in total. The number of aryl methyl sites for hydroxylation is 2. The Balaban J connectivity index is 1.84. The van der Waals surface area contributed by atoms with E-state index >= 15 is 0 Å². The Bertz CT molecular complexity index is 1290. The fourth-order valence-electron chi connectivity index (χ4n) is 3.03. The highest BCUT2D eigenvalue weighted by molar-refractivity contribution is 7.15. The fourth-order valence-corrected chi connectivity index (χ4v) is 4.25. The van der Waals surface area contributed by atoms with E-state index in [1.165, 1.54) is 16.9 Å². The van der Waals surface area contributed by atoms with Gasteiger partial charge in [-0.2, -0.15) is 0 Å². The lowest BCUT2D eigenvalue weighted by atomic mass is 10.1. The molecular formula is C21H19ClN2O2S. The van der Waals surface area contributed by atoms with Crippen LogP contribution in [-0.2, 0) is 0 Å². The van der Waals surface area contributed by atoms with Gasteiger partial charge in [0.25, 0.3) is 5.56 Å². The molecule has 0 aliphatic rings. The van der Waals surface area contributed by atoms with E-state index in [1.807, 2.05) is 57.2 Å². The maximum atomic E-state index is 12.9. The summed E-state index contributed by atoms with van der Waals surface area (Å²) in [4.78, 5) is 18.3. The third-order valence-electron chi connectivity index (χ3n) is 4.47. The molecule has 27 heavy (non-hydrogen) atoms. The van der Waals surface area contributed by atoms with Gasteiger partial charge in [-0.3, -0.25) is 4.79 Å². The molecule has 2 aromatic heterocycles. The van der Waals surface area contributed by atoms with Crippen molar-refractivity contribution in [1.82, 2.24) is 9.38 Å². The van der Waals surface area contributed by atoms with Crippen LogP contribution in [0.3, 0.4) is 0 Å². The predicted octanol–water partition coefficient (Wildman–Crippen LogP) is 4.51. The van der Waals surface area contributed by atoms with Crippen LogP contribution in [0.25, 0.3) is 22.1 Å². The van der Waals surface area contributed by atoms with Crippen LogP contribution in [0.2, 0.25) is 5.02 Å². The van der Waals surface area contributed by atoms with Crippen molar-refractivity contribution in [2.75, 3.05) is 0 Å². The van der Waals surface area contributed by atoms with Gasteiger partial charge < -0.3 is 4.74 Å². The summed E-state index contributed by atoms with van der Waals surface area (Å²) in [5, 5.41) is 0.530. The molecule has 0 unspecified atom stereocenters. The number of halogens is 1. The smallest absolute Gasteiger partial charge is 0.274 e. The average molecular weight is 399 g/mol. The first kappa shape index (κ1) is 18.0. The molecule has 0 N–H and O–H groups in total. The summed E-state index contributed by atoms with van der Waals surface area (Å²) in [6.07, 6.45) is 1.90. The third-order valence-corrected chi connectivity index (χ3v) is 5.73. The van der Waals surface area contributed by atoms with E-state index in [1.54, 1.807) is 4.40 Å². The molecule has 0 atom stereocenters. The number of aromatic nitrogens is 2. The number of nitrogens with zero attached hydrogens (tertiary/aromatic N) is 2. The molecular weight excluding hydrogens is 380 g/mol. The summed E-state index contributed by atoms with van der Waals surface area (Å²) in [5.41, 5.74) is 4.83. The van der Waals surface area contributed by atoms with Crippen LogP contribution in [0.1, 0.15) is 30.5 Å². The Morgan fingerprint density at radius 1 is 1.19 bits per heavy atom. The largest absolute Gasteiger partial charge is 0.489 e. The molecule has 2 heterocycles. The highest BCUT2D eigenvalue weighted by atomic mass is 35.5. The Morgan fingerprint density at radius 3 is 2.63 bits per heavy atom. The van der Waals surface area contributed by atoms with E-state index in [9.17, 15) is 4.79 Å². The van der Waals surface area contributed by atoms with Gasteiger partial charge >= 0.3 is 0 Å². The molecule has 0 amide bonds. The highest BCUT2D eigenvalue weighted by Crippen LogP contribution is 2.27. The minimum absolute atomic E-state index is 0.0519. The number of ether oxygens (including phenoxy) is 1. The van der Waals surface area contributed by atoms with Crippen LogP contribution in [0, 0.1) is 13.8 Å². The zero-order valence-corrected chi connectivity index (χ0v) is 17.1. The van der Waals surface area contributed by atoms with Crippen molar-refractivity contribution in [2.24, 2.45) is 0 Å². The van der Waals surface area contributed by atoms with Crippen LogP contribution in [0.4, 0.5) is 0 Å². The monoisotopic (exact) mass is 398 g/mol. The zero-order chi connectivity index (χ0) is 19.3. The molecule has 0 aliphatic carbocycles. The van der Waals surface area contributed by atoms with E-state index in [4.69, 9.17) is 16.3 Å². The topological polar surface area (TPSA) is 43.6 Å². The summed E-state index contributed by atoms with van der Waals surface area (Å²) in [6.45, 7) is 8.00. The Hall–Kier alpha value is -2.37. The van der Waals surface area contributed by atoms with Gasteiger partial charge in [0.1, 0.15) is 5.75 Å².